The molecule has 0 atom stereocenters. The summed E-state index contributed by atoms with van der Waals surface area (Å²) in [5.74, 6) is 1.60. The van der Waals surface area contributed by atoms with E-state index in [4.69, 9.17) is 10.5 Å². The molecule has 1 aliphatic carbocycles. The van der Waals surface area contributed by atoms with Crippen LogP contribution in [0.1, 0.15) is 45.4 Å². The highest BCUT2D eigenvalue weighted by atomic mass is 16.5. The van der Waals surface area contributed by atoms with Crippen LogP contribution in [0.2, 0.25) is 0 Å². The van der Waals surface area contributed by atoms with Crippen molar-refractivity contribution in [2.45, 2.75) is 45.4 Å². The average Bonchev–Trinajstić information content (AvgIpc) is 2.46. The minimum absolute atomic E-state index is 0.719. The van der Waals surface area contributed by atoms with E-state index in [1.165, 1.54) is 32.1 Å². The van der Waals surface area contributed by atoms with Crippen molar-refractivity contribution in [2.24, 2.45) is 5.92 Å². The molecule has 2 rings (SSSR count). The first kappa shape index (κ1) is 14.0. The van der Waals surface area contributed by atoms with Gasteiger partial charge in [0.05, 0.1) is 18.0 Å². The van der Waals surface area contributed by atoms with Crippen molar-refractivity contribution in [1.82, 2.24) is 0 Å². The topological polar surface area (TPSA) is 47.3 Å². The maximum atomic E-state index is 6.15. The van der Waals surface area contributed by atoms with Gasteiger partial charge in [-0.15, -0.1) is 0 Å². The zero-order valence-corrected chi connectivity index (χ0v) is 12.0. The SMILES string of the molecule is CCCOc1cccc(NCC2CCCCC2)c1N. The van der Waals surface area contributed by atoms with Crippen molar-refractivity contribution in [3.8, 4) is 5.75 Å². The zero-order chi connectivity index (χ0) is 13.5. The van der Waals surface area contributed by atoms with Gasteiger partial charge < -0.3 is 15.8 Å². The van der Waals surface area contributed by atoms with Gasteiger partial charge in [-0.05, 0) is 37.3 Å². The molecule has 3 nitrogen and oxygen atoms in total. The number of anilines is 2. The number of nitrogens with one attached hydrogen (secondary N) is 1. The van der Waals surface area contributed by atoms with Crippen molar-refractivity contribution in [1.29, 1.82) is 0 Å². The lowest BCUT2D eigenvalue weighted by Gasteiger charge is -2.23. The number of rotatable bonds is 6. The molecule has 0 radical (unpaired) electrons. The maximum Gasteiger partial charge on any atom is 0.144 e. The Labute approximate surface area is 116 Å². The second-order valence-electron chi connectivity index (χ2n) is 5.45. The first-order chi connectivity index (χ1) is 9.31. The molecule has 1 aliphatic rings. The molecule has 106 valence electrons. The quantitative estimate of drug-likeness (QED) is 0.760. The van der Waals surface area contributed by atoms with Crippen LogP contribution in [0.3, 0.4) is 0 Å². The van der Waals surface area contributed by atoms with Gasteiger partial charge in [-0.1, -0.05) is 32.3 Å². The molecule has 19 heavy (non-hydrogen) atoms. The van der Waals surface area contributed by atoms with Crippen molar-refractivity contribution in [3.63, 3.8) is 0 Å². The summed E-state index contributed by atoms with van der Waals surface area (Å²) in [6.07, 6.45) is 7.85. The summed E-state index contributed by atoms with van der Waals surface area (Å²) in [6, 6.07) is 5.98. The summed E-state index contributed by atoms with van der Waals surface area (Å²) in [6.45, 7) is 3.85. The molecule has 0 spiro atoms. The Morgan fingerprint density at radius 2 is 2.05 bits per heavy atom. The summed E-state index contributed by atoms with van der Waals surface area (Å²) >= 11 is 0. The molecule has 0 saturated heterocycles. The van der Waals surface area contributed by atoms with E-state index in [1.807, 2.05) is 18.2 Å². The molecule has 1 saturated carbocycles. The lowest BCUT2D eigenvalue weighted by atomic mass is 9.89. The first-order valence-corrected chi connectivity index (χ1v) is 7.56. The van der Waals surface area contributed by atoms with Crippen LogP contribution in [0.15, 0.2) is 18.2 Å². The van der Waals surface area contributed by atoms with E-state index in [0.29, 0.717) is 0 Å². The summed E-state index contributed by atoms with van der Waals surface area (Å²) in [5, 5.41) is 3.49. The summed E-state index contributed by atoms with van der Waals surface area (Å²) in [5.41, 5.74) is 7.91. The minimum atomic E-state index is 0.719. The number of nitrogens with two attached hydrogens (primary N) is 1. The highest BCUT2D eigenvalue weighted by Crippen LogP contribution is 2.30. The van der Waals surface area contributed by atoms with Gasteiger partial charge in [-0.25, -0.2) is 0 Å². The molecule has 0 bridgehead atoms. The van der Waals surface area contributed by atoms with Crippen LogP contribution in [0.25, 0.3) is 0 Å². The highest BCUT2D eigenvalue weighted by molar-refractivity contribution is 5.72. The van der Waals surface area contributed by atoms with Crippen molar-refractivity contribution in [3.05, 3.63) is 18.2 Å². The average molecular weight is 262 g/mol. The third kappa shape index (κ3) is 4.05. The van der Waals surface area contributed by atoms with Gasteiger partial charge in [0, 0.05) is 6.54 Å². The Balaban J connectivity index is 1.91. The minimum Gasteiger partial charge on any atom is -0.491 e. The molecular formula is C16H26N2O. The molecular weight excluding hydrogens is 236 g/mol. The third-order valence-corrected chi connectivity index (χ3v) is 3.83. The van der Waals surface area contributed by atoms with E-state index < -0.39 is 0 Å². The number of nitrogen functional groups attached to an aromatic ring is 1. The Hall–Kier alpha value is -1.38. The molecule has 0 unspecified atom stereocenters. The Bertz CT molecular complexity index is 386. The smallest absolute Gasteiger partial charge is 0.144 e. The van der Waals surface area contributed by atoms with Crippen LogP contribution in [0, 0.1) is 5.92 Å². The van der Waals surface area contributed by atoms with Crippen molar-refractivity contribution in [2.75, 3.05) is 24.2 Å². The highest BCUT2D eigenvalue weighted by Gasteiger charge is 2.14. The Kier molecular flexibility index (Phi) is 5.37. The van der Waals surface area contributed by atoms with E-state index in [2.05, 4.69) is 12.2 Å². The number of hydrogen-bond donors (Lipinski definition) is 2. The summed E-state index contributed by atoms with van der Waals surface area (Å²) in [7, 11) is 0. The second-order valence-corrected chi connectivity index (χ2v) is 5.45. The van der Waals surface area contributed by atoms with Crippen LogP contribution < -0.4 is 15.8 Å². The van der Waals surface area contributed by atoms with E-state index in [0.717, 1.165) is 42.6 Å². The maximum absolute atomic E-state index is 6.15. The summed E-state index contributed by atoms with van der Waals surface area (Å²) < 4.78 is 5.65. The van der Waals surface area contributed by atoms with Crippen molar-refractivity contribution < 1.29 is 4.74 Å². The molecule has 0 aliphatic heterocycles. The molecule has 3 heteroatoms. The molecule has 3 N–H and O–H groups in total. The third-order valence-electron chi connectivity index (χ3n) is 3.83. The fourth-order valence-electron chi connectivity index (χ4n) is 2.68. The van der Waals surface area contributed by atoms with E-state index >= 15 is 0 Å². The van der Waals surface area contributed by atoms with Gasteiger partial charge in [0.15, 0.2) is 0 Å². The fraction of sp³-hybridized carbons (Fsp3) is 0.625. The van der Waals surface area contributed by atoms with Crippen molar-refractivity contribution >= 4 is 11.4 Å². The molecule has 1 fully saturated rings. The van der Waals surface area contributed by atoms with Crippen LogP contribution >= 0.6 is 0 Å². The normalized spacial score (nSPS) is 16.3. The Morgan fingerprint density at radius 3 is 2.79 bits per heavy atom. The van der Waals surface area contributed by atoms with Gasteiger partial charge in [-0.3, -0.25) is 0 Å². The standard InChI is InChI=1S/C16H26N2O/c1-2-11-19-15-10-6-9-14(16(15)17)18-12-13-7-4-3-5-8-13/h6,9-10,13,18H,2-5,7-8,11-12,17H2,1H3. The molecule has 0 amide bonds. The Morgan fingerprint density at radius 1 is 1.26 bits per heavy atom. The van der Waals surface area contributed by atoms with Gasteiger partial charge >= 0.3 is 0 Å². The largest absolute Gasteiger partial charge is 0.491 e. The lowest BCUT2D eigenvalue weighted by Crippen LogP contribution is -2.17. The van der Waals surface area contributed by atoms with E-state index in [1.54, 1.807) is 0 Å². The van der Waals surface area contributed by atoms with Crippen LogP contribution in [0.5, 0.6) is 5.75 Å². The van der Waals surface area contributed by atoms with Crippen LogP contribution in [-0.4, -0.2) is 13.2 Å². The monoisotopic (exact) mass is 262 g/mol. The number of hydrogen-bond acceptors (Lipinski definition) is 3. The molecule has 0 heterocycles. The van der Waals surface area contributed by atoms with E-state index in [9.17, 15) is 0 Å². The first-order valence-electron chi connectivity index (χ1n) is 7.56. The number of benzene rings is 1. The predicted octanol–water partition coefficient (Wildman–Crippen LogP) is 4.05. The molecule has 1 aromatic rings. The van der Waals surface area contributed by atoms with Gasteiger partial charge in [0.1, 0.15) is 5.75 Å². The van der Waals surface area contributed by atoms with Gasteiger partial charge in [0.25, 0.3) is 0 Å². The number of ether oxygens (including phenoxy) is 1. The van der Waals surface area contributed by atoms with E-state index in [-0.39, 0.29) is 0 Å². The van der Waals surface area contributed by atoms with Gasteiger partial charge in [-0.2, -0.15) is 0 Å². The fourth-order valence-corrected chi connectivity index (χ4v) is 2.68. The molecule has 1 aromatic carbocycles. The van der Waals surface area contributed by atoms with Gasteiger partial charge in [0.2, 0.25) is 0 Å². The molecule has 0 aromatic heterocycles. The van der Waals surface area contributed by atoms with Crippen LogP contribution in [0.4, 0.5) is 11.4 Å². The lowest BCUT2D eigenvalue weighted by molar-refractivity contribution is 0.319. The summed E-state index contributed by atoms with van der Waals surface area (Å²) in [4.78, 5) is 0. The zero-order valence-electron chi connectivity index (χ0n) is 12.0. The van der Waals surface area contributed by atoms with Crippen LogP contribution in [-0.2, 0) is 0 Å². The number of para-hydroxylation sites is 1. The second kappa shape index (κ2) is 7.27. The predicted molar refractivity (Wildman–Crippen MR) is 81.7 cm³/mol.